The molecule has 2 rings (SSSR count). The van der Waals surface area contributed by atoms with Crippen LogP contribution in [0.25, 0.3) is 11.3 Å². The first-order valence-electron chi connectivity index (χ1n) is 10.2. The molecular weight excluding hydrogens is 409 g/mol. The van der Waals surface area contributed by atoms with Gasteiger partial charge in [-0.1, -0.05) is 41.0 Å². The van der Waals surface area contributed by atoms with Crippen molar-refractivity contribution < 1.29 is 22.8 Å². The molecule has 1 aromatic heterocycles. The number of aromatic nitrogens is 2. The lowest BCUT2D eigenvalue weighted by Crippen LogP contribution is -2.54. The summed E-state index contributed by atoms with van der Waals surface area (Å²) in [6, 6.07) is -0.301. The Bertz CT molecular complexity index is 980. The number of nitrogens with one attached hydrogen (secondary N) is 2. The first-order chi connectivity index (χ1) is 14.5. The highest BCUT2D eigenvalue weighted by Crippen LogP contribution is 2.31. The number of benzene rings is 1. The van der Waals surface area contributed by atoms with Crippen molar-refractivity contribution in [3.8, 4) is 11.3 Å². The number of halogens is 3. The largest absolute Gasteiger partial charge is 0.357 e. The second-order valence-electron chi connectivity index (χ2n) is 8.40. The molecule has 6 nitrogen and oxygen atoms in total. The molecule has 0 aliphatic rings. The molecule has 0 radical (unpaired) electrons. The molecule has 170 valence electrons. The lowest BCUT2D eigenvalue weighted by atomic mass is 9.86. The highest BCUT2D eigenvalue weighted by molar-refractivity contribution is 5.88. The summed E-state index contributed by atoms with van der Waals surface area (Å²) in [5.74, 6) is -3.85. The van der Waals surface area contributed by atoms with Crippen molar-refractivity contribution in [2.75, 3.05) is 7.05 Å². The quantitative estimate of drug-likeness (QED) is 0.664. The molecule has 0 bridgehead atoms. The fourth-order valence-electron chi connectivity index (χ4n) is 3.44. The van der Waals surface area contributed by atoms with E-state index in [0.29, 0.717) is 36.6 Å². The summed E-state index contributed by atoms with van der Waals surface area (Å²) in [6.07, 6.45) is 1.52. The maximum atomic E-state index is 14.5. The predicted octanol–water partition coefficient (Wildman–Crippen LogP) is 4.20. The summed E-state index contributed by atoms with van der Waals surface area (Å²) < 4.78 is 42.8. The van der Waals surface area contributed by atoms with Gasteiger partial charge < -0.3 is 10.6 Å². The Morgan fingerprint density at radius 1 is 1.10 bits per heavy atom. The Labute approximate surface area is 180 Å². The predicted molar refractivity (Wildman–Crippen MR) is 112 cm³/mol. The van der Waals surface area contributed by atoms with Gasteiger partial charge in [0.15, 0.2) is 11.6 Å². The highest BCUT2D eigenvalue weighted by atomic mass is 19.2. The molecule has 2 aromatic rings. The van der Waals surface area contributed by atoms with E-state index < -0.39 is 34.9 Å². The average molecular weight is 438 g/mol. The molecular formula is C22H29F3N4O2. The lowest BCUT2D eigenvalue weighted by Gasteiger charge is -2.29. The zero-order chi connectivity index (χ0) is 23.5. The monoisotopic (exact) mass is 438 g/mol. The molecule has 1 heterocycles. The fraction of sp³-hybridized carbons (Fsp3) is 0.500. The third-order valence-electron chi connectivity index (χ3n) is 5.03. The van der Waals surface area contributed by atoms with Crippen molar-refractivity contribution >= 4 is 11.9 Å². The van der Waals surface area contributed by atoms with E-state index in [4.69, 9.17) is 0 Å². The van der Waals surface area contributed by atoms with E-state index >= 15 is 0 Å². The van der Waals surface area contributed by atoms with Gasteiger partial charge in [-0.05, 0) is 24.3 Å². The molecule has 0 fully saturated rings. The van der Waals surface area contributed by atoms with Crippen molar-refractivity contribution in [3.63, 3.8) is 0 Å². The molecule has 1 aromatic carbocycles. The minimum atomic E-state index is -1.30. The minimum Gasteiger partial charge on any atom is -0.357 e. The summed E-state index contributed by atoms with van der Waals surface area (Å²) in [6.45, 7) is 9.14. The van der Waals surface area contributed by atoms with Gasteiger partial charge in [0.2, 0.25) is 5.91 Å². The van der Waals surface area contributed by atoms with Crippen molar-refractivity contribution in [3.05, 3.63) is 40.8 Å². The van der Waals surface area contributed by atoms with Crippen LogP contribution < -0.4 is 10.6 Å². The normalized spacial score (nSPS) is 12.5. The number of hydrogen-bond donors (Lipinski definition) is 2. The molecule has 0 saturated carbocycles. The van der Waals surface area contributed by atoms with Gasteiger partial charge in [-0.3, -0.25) is 4.79 Å². The van der Waals surface area contributed by atoms with E-state index in [1.54, 1.807) is 0 Å². The molecule has 2 N–H and O–H groups in total. The van der Waals surface area contributed by atoms with E-state index in [2.05, 4.69) is 15.7 Å². The van der Waals surface area contributed by atoms with Gasteiger partial charge in [-0.25, -0.2) is 18.0 Å². The van der Waals surface area contributed by atoms with Crippen molar-refractivity contribution in [2.45, 2.75) is 59.9 Å². The third kappa shape index (κ3) is 5.08. The summed E-state index contributed by atoms with van der Waals surface area (Å²) in [7, 11) is 1.48. The molecule has 0 saturated heterocycles. The van der Waals surface area contributed by atoms with Crippen molar-refractivity contribution in [1.82, 2.24) is 20.4 Å². The van der Waals surface area contributed by atoms with Crippen LogP contribution in [0.15, 0.2) is 12.1 Å². The van der Waals surface area contributed by atoms with Crippen LogP contribution in [-0.2, 0) is 17.6 Å². The minimum absolute atomic E-state index is 0.0738. The number of rotatable bonds is 6. The van der Waals surface area contributed by atoms with Gasteiger partial charge in [0.25, 0.3) is 0 Å². The Morgan fingerprint density at radius 2 is 1.71 bits per heavy atom. The first kappa shape index (κ1) is 24.4. The third-order valence-corrected chi connectivity index (χ3v) is 5.03. The molecule has 0 aliphatic carbocycles. The SMILES string of the molecule is CCCc1c(CC)c(-c2cc(F)c(F)cc2F)nn1C(=O)N[C@H](C(=O)NC)C(C)(C)C. The van der Waals surface area contributed by atoms with E-state index in [1.807, 2.05) is 34.6 Å². The maximum Gasteiger partial charge on any atom is 0.343 e. The van der Waals surface area contributed by atoms with Gasteiger partial charge in [-0.15, -0.1) is 0 Å². The topological polar surface area (TPSA) is 76.0 Å². The lowest BCUT2D eigenvalue weighted by molar-refractivity contribution is -0.124. The molecule has 0 unspecified atom stereocenters. The van der Waals surface area contributed by atoms with Crippen LogP contribution in [0.4, 0.5) is 18.0 Å². The smallest absolute Gasteiger partial charge is 0.343 e. The Balaban J connectivity index is 2.62. The number of likely N-dealkylation sites (N-methyl/N-ethyl adjacent to an activating group) is 1. The number of carbonyl (C=O) groups excluding carboxylic acids is 2. The van der Waals surface area contributed by atoms with Crippen LogP contribution in [0.5, 0.6) is 0 Å². The van der Waals surface area contributed by atoms with Crippen molar-refractivity contribution in [2.24, 2.45) is 5.41 Å². The van der Waals surface area contributed by atoms with Gasteiger partial charge in [-0.2, -0.15) is 9.78 Å². The summed E-state index contributed by atoms with van der Waals surface area (Å²) in [5.41, 5.74) is 0.361. The average Bonchev–Trinajstić information content (AvgIpc) is 3.05. The van der Waals surface area contributed by atoms with Crippen LogP contribution in [0.2, 0.25) is 0 Å². The summed E-state index contributed by atoms with van der Waals surface area (Å²) in [5, 5.41) is 9.49. The molecule has 0 spiro atoms. The maximum absolute atomic E-state index is 14.5. The Morgan fingerprint density at radius 3 is 2.23 bits per heavy atom. The standard InChI is InChI=1S/C22H29F3N4O2/c1-7-9-17-12(8-2)18(13-10-15(24)16(25)11-14(13)23)28-29(17)21(31)27-19(20(30)26-6)22(3,4)5/h10-11,19H,7-9H2,1-6H3,(H,26,30)(H,27,31)/t19-/m1/s1. The second-order valence-corrected chi connectivity index (χ2v) is 8.40. The number of nitrogens with zero attached hydrogens (tertiary/aromatic N) is 2. The summed E-state index contributed by atoms with van der Waals surface area (Å²) in [4.78, 5) is 25.4. The van der Waals surface area contributed by atoms with Crippen LogP contribution in [0.3, 0.4) is 0 Å². The second kappa shape index (κ2) is 9.53. The zero-order valence-electron chi connectivity index (χ0n) is 18.7. The Hall–Kier alpha value is -2.84. The zero-order valence-corrected chi connectivity index (χ0v) is 18.7. The van der Waals surface area contributed by atoms with Crippen molar-refractivity contribution in [1.29, 1.82) is 0 Å². The van der Waals surface area contributed by atoms with E-state index in [1.165, 1.54) is 7.05 Å². The van der Waals surface area contributed by atoms with Gasteiger partial charge in [0.1, 0.15) is 11.9 Å². The number of amides is 2. The van der Waals surface area contributed by atoms with Gasteiger partial charge >= 0.3 is 6.03 Å². The van der Waals surface area contributed by atoms with E-state index in [9.17, 15) is 22.8 Å². The highest BCUT2D eigenvalue weighted by Gasteiger charge is 2.34. The van der Waals surface area contributed by atoms with Crippen LogP contribution in [0.1, 0.15) is 52.3 Å². The van der Waals surface area contributed by atoms with Crippen LogP contribution in [-0.4, -0.2) is 34.8 Å². The van der Waals surface area contributed by atoms with Crippen LogP contribution in [0, 0.1) is 22.9 Å². The number of hydrogen-bond acceptors (Lipinski definition) is 3. The van der Waals surface area contributed by atoms with E-state index in [0.717, 1.165) is 10.7 Å². The molecule has 9 heteroatoms. The van der Waals surface area contributed by atoms with Crippen LogP contribution >= 0.6 is 0 Å². The molecule has 1 atom stereocenters. The molecule has 0 aliphatic heterocycles. The van der Waals surface area contributed by atoms with Gasteiger partial charge in [0.05, 0.1) is 11.4 Å². The Kier molecular flexibility index (Phi) is 7.51. The number of carbonyl (C=O) groups is 2. The van der Waals surface area contributed by atoms with E-state index in [-0.39, 0.29) is 17.2 Å². The van der Waals surface area contributed by atoms with Gasteiger partial charge in [0, 0.05) is 24.2 Å². The summed E-state index contributed by atoms with van der Waals surface area (Å²) >= 11 is 0. The molecule has 2 amide bonds. The first-order valence-corrected chi connectivity index (χ1v) is 10.2. The fourth-order valence-corrected chi connectivity index (χ4v) is 3.44. The molecule has 31 heavy (non-hydrogen) atoms.